The summed E-state index contributed by atoms with van der Waals surface area (Å²) < 4.78 is 5.09. The molecule has 1 aromatic carbocycles. The van der Waals surface area contributed by atoms with Crippen LogP contribution in [0.15, 0.2) is 22.7 Å². The van der Waals surface area contributed by atoms with Gasteiger partial charge in [0.05, 0.1) is 6.54 Å². The number of rotatable bonds is 2. The van der Waals surface area contributed by atoms with Crippen molar-refractivity contribution in [2.45, 2.75) is 19.4 Å². The maximum atomic E-state index is 5.50. The molecule has 18 heavy (non-hydrogen) atoms. The van der Waals surface area contributed by atoms with Crippen molar-refractivity contribution >= 4 is 5.69 Å². The van der Waals surface area contributed by atoms with Gasteiger partial charge >= 0.3 is 0 Å². The van der Waals surface area contributed by atoms with E-state index in [9.17, 15) is 0 Å². The van der Waals surface area contributed by atoms with Gasteiger partial charge in [-0.2, -0.15) is 4.98 Å². The number of nitrogens with two attached hydrogens (primary N) is 1. The molecule has 0 aliphatic carbocycles. The second-order valence-corrected chi connectivity index (χ2v) is 4.54. The number of aromatic nitrogens is 2. The largest absolute Gasteiger partial charge is 0.374 e. The molecule has 1 aliphatic rings. The number of benzene rings is 1. The third-order valence-corrected chi connectivity index (χ3v) is 3.37. The van der Waals surface area contributed by atoms with Gasteiger partial charge in [-0.25, -0.2) is 0 Å². The number of nitrogens with zero attached hydrogens (tertiary/aromatic N) is 3. The van der Waals surface area contributed by atoms with E-state index in [4.69, 9.17) is 10.3 Å². The van der Waals surface area contributed by atoms with Crippen LogP contribution in [0.5, 0.6) is 0 Å². The lowest BCUT2D eigenvalue weighted by Crippen LogP contribution is -2.25. The normalized spacial score (nSPS) is 14.7. The summed E-state index contributed by atoms with van der Waals surface area (Å²) in [6.45, 7) is 1.37. The highest BCUT2D eigenvalue weighted by atomic mass is 16.5. The minimum atomic E-state index is 0.280. The molecule has 94 valence electrons. The Kier molecular flexibility index (Phi) is 2.76. The van der Waals surface area contributed by atoms with Crippen LogP contribution in [-0.2, 0) is 13.0 Å². The highest BCUT2D eigenvalue weighted by Crippen LogP contribution is 2.33. The molecule has 1 aromatic heterocycles. The van der Waals surface area contributed by atoms with Crippen molar-refractivity contribution in [2.24, 2.45) is 5.73 Å². The van der Waals surface area contributed by atoms with Crippen molar-refractivity contribution < 1.29 is 4.52 Å². The Morgan fingerprint density at radius 3 is 3.11 bits per heavy atom. The molecule has 0 saturated carbocycles. The average molecular weight is 244 g/mol. The van der Waals surface area contributed by atoms with E-state index in [-0.39, 0.29) is 6.54 Å². The van der Waals surface area contributed by atoms with E-state index in [1.165, 1.54) is 11.3 Å². The highest BCUT2D eigenvalue weighted by molar-refractivity contribution is 5.71. The Labute approximate surface area is 106 Å². The summed E-state index contributed by atoms with van der Waals surface area (Å²) in [5.74, 6) is 1.12. The molecular formula is C13H16N4O. The van der Waals surface area contributed by atoms with Gasteiger partial charge in [0.2, 0.25) is 11.7 Å². The number of fused-ring (bicyclic) bond motifs is 1. The minimum absolute atomic E-state index is 0.280. The molecular weight excluding hydrogens is 228 g/mol. The number of anilines is 1. The summed E-state index contributed by atoms with van der Waals surface area (Å²) in [5.41, 5.74) is 9.12. The fraction of sp³-hybridized carbons (Fsp3) is 0.385. The molecule has 3 rings (SSSR count). The average Bonchev–Trinajstić information content (AvgIpc) is 2.87. The zero-order valence-corrected chi connectivity index (χ0v) is 10.4. The Morgan fingerprint density at radius 2 is 2.33 bits per heavy atom. The van der Waals surface area contributed by atoms with Gasteiger partial charge in [-0.1, -0.05) is 17.3 Å². The minimum Gasteiger partial charge on any atom is -0.374 e. The Hall–Kier alpha value is -1.88. The van der Waals surface area contributed by atoms with Crippen molar-refractivity contribution in [3.8, 4) is 11.4 Å². The fourth-order valence-corrected chi connectivity index (χ4v) is 2.47. The van der Waals surface area contributed by atoms with Crippen molar-refractivity contribution in [3.63, 3.8) is 0 Å². The summed E-state index contributed by atoms with van der Waals surface area (Å²) in [4.78, 5) is 6.58. The number of hydrogen-bond donors (Lipinski definition) is 1. The SMILES string of the molecule is CN1CCCc2c(-c3noc(CN)n3)cccc21. The maximum absolute atomic E-state index is 5.50. The molecule has 5 heteroatoms. The van der Waals surface area contributed by atoms with E-state index < -0.39 is 0 Å². The van der Waals surface area contributed by atoms with Crippen LogP contribution < -0.4 is 10.6 Å². The van der Waals surface area contributed by atoms with Crippen molar-refractivity contribution in [1.82, 2.24) is 10.1 Å². The van der Waals surface area contributed by atoms with Crippen LogP contribution >= 0.6 is 0 Å². The second kappa shape index (κ2) is 4.42. The number of hydrogen-bond acceptors (Lipinski definition) is 5. The monoisotopic (exact) mass is 244 g/mol. The van der Waals surface area contributed by atoms with Crippen LogP contribution in [0.2, 0.25) is 0 Å². The summed E-state index contributed by atoms with van der Waals surface area (Å²) in [6.07, 6.45) is 2.21. The Balaban J connectivity index is 2.09. The lowest BCUT2D eigenvalue weighted by atomic mass is 9.96. The van der Waals surface area contributed by atoms with E-state index in [0.29, 0.717) is 11.7 Å². The molecule has 2 heterocycles. The van der Waals surface area contributed by atoms with Gasteiger partial charge in [0.25, 0.3) is 0 Å². The molecule has 0 spiro atoms. The van der Waals surface area contributed by atoms with E-state index >= 15 is 0 Å². The molecule has 1 aliphatic heterocycles. The third kappa shape index (κ3) is 1.76. The Bertz CT molecular complexity index is 564. The first-order valence-corrected chi connectivity index (χ1v) is 6.15. The molecule has 0 fully saturated rings. The van der Waals surface area contributed by atoms with Crippen LogP contribution in [0.25, 0.3) is 11.4 Å². The zero-order valence-electron chi connectivity index (χ0n) is 10.4. The molecule has 2 N–H and O–H groups in total. The van der Waals surface area contributed by atoms with Crippen molar-refractivity contribution in [2.75, 3.05) is 18.5 Å². The van der Waals surface area contributed by atoms with Crippen LogP contribution in [0, 0.1) is 0 Å². The van der Waals surface area contributed by atoms with Gasteiger partial charge < -0.3 is 15.2 Å². The van der Waals surface area contributed by atoms with Crippen molar-refractivity contribution in [3.05, 3.63) is 29.7 Å². The zero-order chi connectivity index (χ0) is 12.5. The van der Waals surface area contributed by atoms with Gasteiger partial charge in [-0.05, 0) is 24.5 Å². The lowest BCUT2D eigenvalue weighted by molar-refractivity contribution is 0.380. The molecule has 0 radical (unpaired) electrons. The van der Waals surface area contributed by atoms with Gasteiger partial charge in [0, 0.05) is 24.8 Å². The summed E-state index contributed by atoms with van der Waals surface area (Å²) >= 11 is 0. The van der Waals surface area contributed by atoms with Crippen LogP contribution in [0.4, 0.5) is 5.69 Å². The maximum Gasteiger partial charge on any atom is 0.240 e. The van der Waals surface area contributed by atoms with Gasteiger partial charge in [-0.3, -0.25) is 0 Å². The van der Waals surface area contributed by atoms with Gasteiger partial charge in [-0.15, -0.1) is 0 Å². The fourth-order valence-electron chi connectivity index (χ4n) is 2.47. The van der Waals surface area contributed by atoms with Crippen molar-refractivity contribution in [1.29, 1.82) is 0 Å². The molecule has 0 atom stereocenters. The quantitative estimate of drug-likeness (QED) is 0.868. The molecule has 2 aromatic rings. The highest BCUT2D eigenvalue weighted by Gasteiger charge is 2.19. The molecule has 0 unspecified atom stereocenters. The summed E-state index contributed by atoms with van der Waals surface area (Å²) in [6, 6.07) is 6.22. The molecule has 0 amide bonds. The third-order valence-electron chi connectivity index (χ3n) is 3.37. The lowest BCUT2D eigenvalue weighted by Gasteiger charge is -2.28. The summed E-state index contributed by atoms with van der Waals surface area (Å²) in [7, 11) is 2.11. The first-order chi connectivity index (χ1) is 8.79. The molecule has 0 bridgehead atoms. The molecule has 0 saturated heterocycles. The van der Waals surface area contributed by atoms with Crippen LogP contribution in [-0.4, -0.2) is 23.7 Å². The van der Waals surface area contributed by atoms with Crippen LogP contribution in [0.3, 0.4) is 0 Å². The Morgan fingerprint density at radius 1 is 1.44 bits per heavy atom. The standard InChI is InChI=1S/C13H16N4O/c1-17-7-3-5-9-10(4-2-6-11(9)17)13-15-12(8-14)18-16-13/h2,4,6H,3,5,7-8,14H2,1H3. The van der Waals surface area contributed by atoms with E-state index in [1.807, 2.05) is 12.1 Å². The van der Waals surface area contributed by atoms with E-state index in [2.05, 4.69) is 28.2 Å². The van der Waals surface area contributed by atoms with Gasteiger partial charge in [0.15, 0.2) is 0 Å². The summed E-state index contributed by atoms with van der Waals surface area (Å²) in [5, 5.41) is 4.01. The predicted octanol–water partition coefficient (Wildman–Crippen LogP) is 1.58. The van der Waals surface area contributed by atoms with Crippen LogP contribution in [0.1, 0.15) is 17.9 Å². The smallest absolute Gasteiger partial charge is 0.240 e. The van der Waals surface area contributed by atoms with E-state index in [0.717, 1.165) is 24.9 Å². The topological polar surface area (TPSA) is 68.2 Å². The first-order valence-electron chi connectivity index (χ1n) is 6.15. The first kappa shape index (κ1) is 11.2. The second-order valence-electron chi connectivity index (χ2n) is 4.54. The predicted molar refractivity (Wildman–Crippen MR) is 69.2 cm³/mol. The molecule has 5 nitrogen and oxygen atoms in total. The van der Waals surface area contributed by atoms with E-state index in [1.54, 1.807) is 0 Å². The van der Waals surface area contributed by atoms with Gasteiger partial charge in [0.1, 0.15) is 0 Å².